The van der Waals surface area contributed by atoms with E-state index in [1.54, 1.807) is 18.2 Å². The number of imidazole rings is 1. The van der Waals surface area contributed by atoms with Crippen LogP contribution in [-0.2, 0) is 7.05 Å². The van der Waals surface area contributed by atoms with E-state index in [1.807, 2.05) is 23.4 Å². The van der Waals surface area contributed by atoms with Gasteiger partial charge in [-0.15, -0.1) is 11.3 Å². The molecule has 0 bridgehead atoms. The largest absolute Gasteiger partial charge is 0.354 e. The van der Waals surface area contributed by atoms with Crippen molar-refractivity contribution < 1.29 is 4.79 Å². The molecule has 2 fully saturated rings. The fourth-order valence-corrected chi connectivity index (χ4v) is 4.92. The van der Waals surface area contributed by atoms with Crippen molar-refractivity contribution in [3.05, 3.63) is 28.7 Å². The normalized spacial score (nSPS) is 22.4. The molecule has 0 aliphatic carbocycles. The maximum absolute atomic E-state index is 12.7. The summed E-state index contributed by atoms with van der Waals surface area (Å²) >= 11 is 1.43. The Labute approximate surface area is 154 Å². The predicted octanol–water partition coefficient (Wildman–Crippen LogP) is 1.34. The van der Waals surface area contributed by atoms with Crippen molar-refractivity contribution in [1.82, 2.24) is 29.4 Å². The van der Waals surface area contributed by atoms with Gasteiger partial charge < -0.3 is 14.4 Å². The maximum atomic E-state index is 12.7. The van der Waals surface area contributed by atoms with Crippen molar-refractivity contribution in [2.75, 3.05) is 31.1 Å². The summed E-state index contributed by atoms with van der Waals surface area (Å²) in [7, 11) is 1.94. The molecule has 2 atom stereocenters. The Morgan fingerprint density at radius 2 is 1.88 bits per heavy atom. The number of nitrogens with zero attached hydrogens (tertiary/aromatic N) is 7. The van der Waals surface area contributed by atoms with E-state index in [-0.39, 0.29) is 5.91 Å². The third-order valence-electron chi connectivity index (χ3n) is 5.49. The van der Waals surface area contributed by atoms with Gasteiger partial charge in [-0.05, 0) is 6.92 Å². The minimum Gasteiger partial charge on any atom is -0.354 e. The summed E-state index contributed by atoms with van der Waals surface area (Å²) in [6, 6.07) is 0. The van der Waals surface area contributed by atoms with Crippen molar-refractivity contribution in [3.63, 3.8) is 0 Å². The Balaban J connectivity index is 1.34. The molecule has 0 spiro atoms. The molecule has 134 valence electrons. The van der Waals surface area contributed by atoms with E-state index in [1.165, 1.54) is 11.3 Å². The first-order valence-electron chi connectivity index (χ1n) is 8.68. The van der Waals surface area contributed by atoms with E-state index in [4.69, 9.17) is 0 Å². The summed E-state index contributed by atoms with van der Waals surface area (Å²) in [4.78, 5) is 35.3. The molecule has 3 aromatic rings. The average Bonchev–Trinajstić information content (AvgIpc) is 3.37. The molecule has 9 heteroatoms. The number of hydrogen-bond acceptors (Lipinski definition) is 7. The van der Waals surface area contributed by atoms with Crippen LogP contribution in [-0.4, -0.2) is 61.5 Å². The predicted molar refractivity (Wildman–Crippen MR) is 98.3 cm³/mol. The lowest BCUT2D eigenvalue weighted by molar-refractivity contribution is 0.0786. The third-order valence-corrected chi connectivity index (χ3v) is 6.41. The average molecular weight is 369 g/mol. The van der Waals surface area contributed by atoms with E-state index < -0.39 is 0 Å². The van der Waals surface area contributed by atoms with Crippen LogP contribution in [0.2, 0.25) is 0 Å². The summed E-state index contributed by atoms with van der Waals surface area (Å²) in [6.07, 6.45) is 3.38. The molecule has 2 aliphatic rings. The summed E-state index contributed by atoms with van der Waals surface area (Å²) in [5, 5.41) is 0. The molecule has 1 amide bonds. The first-order valence-corrected chi connectivity index (χ1v) is 9.56. The van der Waals surface area contributed by atoms with Crippen LogP contribution in [0.4, 0.5) is 5.82 Å². The van der Waals surface area contributed by atoms with Crippen LogP contribution in [0.15, 0.2) is 18.2 Å². The standard InChI is InChI=1S/C17H19N7OS/c1-10-14(26-9-21-10)17(25)24-5-11-3-23(4-12(11)6-24)16-13-15(18-7-19-16)22(2)8-20-13/h7-9,11-12H,3-6H2,1-2H3. The molecule has 8 nitrogen and oxygen atoms in total. The topological polar surface area (TPSA) is 80.0 Å². The van der Waals surface area contributed by atoms with Gasteiger partial charge in [0.2, 0.25) is 0 Å². The van der Waals surface area contributed by atoms with Gasteiger partial charge in [0, 0.05) is 45.1 Å². The maximum Gasteiger partial charge on any atom is 0.265 e. The summed E-state index contributed by atoms with van der Waals surface area (Å²) in [6.45, 7) is 5.30. The number of amides is 1. The number of hydrogen-bond donors (Lipinski definition) is 0. The number of fused-ring (bicyclic) bond motifs is 2. The SMILES string of the molecule is Cc1ncsc1C(=O)N1CC2CN(c3ncnc4c3ncn4C)CC2C1. The highest BCUT2D eigenvalue weighted by atomic mass is 32.1. The highest BCUT2D eigenvalue weighted by Crippen LogP contribution is 2.35. The second-order valence-corrected chi connectivity index (χ2v) is 7.98. The highest BCUT2D eigenvalue weighted by molar-refractivity contribution is 7.11. The molecule has 0 aromatic carbocycles. The van der Waals surface area contributed by atoms with Crippen molar-refractivity contribution in [2.45, 2.75) is 6.92 Å². The molecular formula is C17H19N7OS. The molecule has 2 saturated heterocycles. The minimum absolute atomic E-state index is 0.125. The fraction of sp³-hybridized carbons (Fsp3) is 0.471. The van der Waals surface area contributed by atoms with E-state index in [0.29, 0.717) is 11.8 Å². The van der Waals surface area contributed by atoms with E-state index in [2.05, 4.69) is 24.8 Å². The summed E-state index contributed by atoms with van der Waals surface area (Å²) < 4.78 is 1.91. The van der Waals surface area contributed by atoms with Crippen molar-refractivity contribution in [1.29, 1.82) is 0 Å². The monoisotopic (exact) mass is 369 g/mol. The molecule has 0 saturated carbocycles. The third kappa shape index (κ3) is 2.30. The lowest BCUT2D eigenvalue weighted by atomic mass is 10.0. The summed E-state index contributed by atoms with van der Waals surface area (Å²) in [5.74, 6) is 1.98. The lowest BCUT2D eigenvalue weighted by Crippen LogP contribution is -2.33. The van der Waals surface area contributed by atoms with Gasteiger partial charge in [-0.3, -0.25) is 4.79 Å². The van der Waals surface area contributed by atoms with Crippen LogP contribution in [0.25, 0.3) is 11.2 Å². The van der Waals surface area contributed by atoms with Crippen molar-refractivity contribution in [2.24, 2.45) is 18.9 Å². The van der Waals surface area contributed by atoms with E-state index >= 15 is 0 Å². The zero-order valence-electron chi connectivity index (χ0n) is 14.7. The molecule has 26 heavy (non-hydrogen) atoms. The van der Waals surface area contributed by atoms with Gasteiger partial charge >= 0.3 is 0 Å². The fourth-order valence-electron chi connectivity index (χ4n) is 4.15. The van der Waals surface area contributed by atoms with E-state index in [9.17, 15) is 4.79 Å². The van der Waals surface area contributed by atoms with Gasteiger partial charge in [-0.1, -0.05) is 0 Å². The number of likely N-dealkylation sites (tertiary alicyclic amines) is 1. The van der Waals surface area contributed by atoms with Crippen LogP contribution < -0.4 is 4.90 Å². The number of aromatic nitrogens is 5. The number of thiazole rings is 1. The molecule has 2 unspecified atom stereocenters. The Bertz CT molecular complexity index is 982. The second kappa shape index (κ2) is 5.73. The Morgan fingerprint density at radius 3 is 2.58 bits per heavy atom. The molecule has 3 aromatic heterocycles. The van der Waals surface area contributed by atoms with Gasteiger partial charge in [0.25, 0.3) is 5.91 Å². The van der Waals surface area contributed by atoms with Gasteiger partial charge in [0.15, 0.2) is 17.0 Å². The van der Waals surface area contributed by atoms with Crippen LogP contribution in [0.1, 0.15) is 15.4 Å². The summed E-state index contributed by atoms with van der Waals surface area (Å²) in [5.41, 5.74) is 4.28. The smallest absolute Gasteiger partial charge is 0.265 e. The number of anilines is 1. The Hall–Kier alpha value is -2.55. The lowest BCUT2D eigenvalue weighted by Gasteiger charge is -2.22. The number of rotatable bonds is 2. The van der Waals surface area contributed by atoms with Crippen LogP contribution in [0.3, 0.4) is 0 Å². The minimum atomic E-state index is 0.125. The number of aryl methyl sites for hydroxylation is 2. The molecule has 2 aliphatic heterocycles. The van der Waals surface area contributed by atoms with Gasteiger partial charge in [-0.25, -0.2) is 19.9 Å². The van der Waals surface area contributed by atoms with Gasteiger partial charge in [0.05, 0.1) is 17.5 Å². The molecule has 0 N–H and O–H groups in total. The van der Waals surface area contributed by atoms with E-state index in [0.717, 1.165) is 53.7 Å². The Kier molecular flexibility index (Phi) is 3.46. The zero-order chi connectivity index (χ0) is 17.8. The zero-order valence-corrected chi connectivity index (χ0v) is 15.5. The molecule has 5 heterocycles. The number of carbonyl (C=O) groups excluding carboxylic acids is 1. The van der Waals surface area contributed by atoms with Crippen molar-refractivity contribution >= 4 is 34.2 Å². The molecule has 0 radical (unpaired) electrons. The molecular weight excluding hydrogens is 350 g/mol. The van der Waals surface area contributed by atoms with Crippen LogP contribution in [0.5, 0.6) is 0 Å². The first kappa shape index (κ1) is 15.7. The van der Waals surface area contributed by atoms with Crippen molar-refractivity contribution in [3.8, 4) is 0 Å². The molecule has 5 rings (SSSR count). The number of carbonyl (C=O) groups is 1. The van der Waals surface area contributed by atoms with Gasteiger partial charge in [0.1, 0.15) is 11.2 Å². The van der Waals surface area contributed by atoms with Gasteiger partial charge in [-0.2, -0.15) is 0 Å². The van der Waals surface area contributed by atoms with Crippen LogP contribution >= 0.6 is 11.3 Å². The second-order valence-electron chi connectivity index (χ2n) is 7.13. The highest BCUT2D eigenvalue weighted by Gasteiger charge is 2.43. The first-order chi connectivity index (χ1) is 12.6. The Morgan fingerprint density at radius 1 is 1.12 bits per heavy atom. The quantitative estimate of drug-likeness (QED) is 0.678. The van der Waals surface area contributed by atoms with Crippen LogP contribution in [0, 0.1) is 18.8 Å².